The number of carbonyl (C=O) groups excluding carboxylic acids is 3. The lowest BCUT2D eigenvalue weighted by Crippen LogP contribution is -2.44. The van der Waals surface area contributed by atoms with Gasteiger partial charge >= 0.3 is 6.09 Å². The van der Waals surface area contributed by atoms with E-state index in [1.165, 1.54) is 7.11 Å². The van der Waals surface area contributed by atoms with E-state index >= 15 is 0 Å². The molecule has 2 aliphatic rings. The number of fused-ring (bicyclic) bond motifs is 1. The Bertz CT molecular complexity index is 1460. The SMILES string of the molecule is CO[C@@H](C(=O)N1Cc2c(NC(=O)c3ccc(N4CCN(C)CC4)cc3)nn(C(=O)OCC(C)(C)C)c2C1)c1ccccc1. The van der Waals surface area contributed by atoms with Gasteiger partial charge in [-0.3, -0.25) is 9.59 Å². The minimum absolute atomic E-state index is 0.119. The average Bonchev–Trinajstić information content (AvgIpc) is 3.57. The Hall–Kier alpha value is -4.22. The second-order valence-corrected chi connectivity index (χ2v) is 12.3. The van der Waals surface area contributed by atoms with E-state index in [0.29, 0.717) is 16.8 Å². The fraction of sp³-hybridized carbons (Fsp3) is 0.438. The summed E-state index contributed by atoms with van der Waals surface area (Å²) in [7, 11) is 3.60. The van der Waals surface area contributed by atoms with Gasteiger partial charge in [-0.1, -0.05) is 51.1 Å². The number of rotatable bonds is 7. The molecule has 0 bridgehead atoms. The Labute approximate surface area is 252 Å². The molecule has 1 atom stereocenters. The number of amides is 2. The van der Waals surface area contributed by atoms with Crippen LogP contribution in [0.5, 0.6) is 0 Å². The van der Waals surface area contributed by atoms with Crippen molar-refractivity contribution in [1.82, 2.24) is 19.6 Å². The fourth-order valence-corrected chi connectivity index (χ4v) is 5.23. The van der Waals surface area contributed by atoms with Gasteiger partial charge in [0.25, 0.3) is 11.8 Å². The quantitative estimate of drug-likeness (QED) is 0.439. The minimum Gasteiger partial charge on any atom is -0.447 e. The van der Waals surface area contributed by atoms with Crippen LogP contribution in [0.1, 0.15) is 54.1 Å². The summed E-state index contributed by atoms with van der Waals surface area (Å²) in [6, 6.07) is 16.7. The maximum absolute atomic E-state index is 13.6. The molecule has 11 nitrogen and oxygen atoms in total. The van der Waals surface area contributed by atoms with Crippen molar-refractivity contribution in [3.05, 3.63) is 77.0 Å². The Kier molecular flexibility index (Phi) is 8.84. The molecule has 2 amide bonds. The Morgan fingerprint density at radius 1 is 0.953 bits per heavy atom. The maximum atomic E-state index is 13.6. The number of ether oxygens (including phenoxy) is 2. The lowest BCUT2D eigenvalue weighted by atomic mass is 9.99. The third-order valence-electron chi connectivity index (χ3n) is 7.68. The van der Waals surface area contributed by atoms with Crippen LogP contribution in [0.4, 0.5) is 16.3 Å². The van der Waals surface area contributed by atoms with E-state index in [-0.39, 0.29) is 42.7 Å². The highest BCUT2D eigenvalue weighted by Gasteiger charge is 2.37. The molecule has 0 saturated carbocycles. The van der Waals surface area contributed by atoms with Crippen LogP contribution in [-0.4, -0.2) is 84.4 Å². The Morgan fingerprint density at radius 3 is 2.26 bits per heavy atom. The van der Waals surface area contributed by atoms with Crippen molar-refractivity contribution in [1.29, 1.82) is 0 Å². The minimum atomic E-state index is -0.809. The molecule has 0 aliphatic carbocycles. The molecular weight excluding hydrogens is 548 g/mol. The van der Waals surface area contributed by atoms with Crippen molar-refractivity contribution in [2.24, 2.45) is 5.41 Å². The average molecular weight is 589 g/mol. The van der Waals surface area contributed by atoms with Crippen molar-refractivity contribution < 1.29 is 23.9 Å². The fourth-order valence-electron chi connectivity index (χ4n) is 5.23. The van der Waals surface area contributed by atoms with Gasteiger partial charge in [-0.15, -0.1) is 5.10 Å². The first kappa shape index (κ1) is 30.2. The largest absolute Gasteiger partial charge is 0.447 e. The van der Waals surface area contributed by atoms with E-state index in [0.717, 1.165) is 42.1 Å². The monoisotopic (exact) mass is 588 g/mol. The van der Waals surface area contributed by atoms with Gasteiger partial charge in [0.2, 0.25) is 0 Å². The molecule has 0 spiro atoms. The molecule has 1 aromatic heterocycles. The first-order valence-corrected chi connectivity index (χ1v) is 14.5. The number of hydrogen-bond donors (Lipinski definition) is 1. The van der Waals surface area contributed by atoms with Gasteiger partial charge in [0.1, 0.15) is 0 Å². The molecule has 1 N–H and O–H groups in total. The lowest BCUT2D eigenvalue weighted by molar-refractivity contribution is -0.143. The number of anilines is 2. The number of benzene rings is 2. The smallest absolute Gasteiger partial charge is 0.435 e. The zero-order valence-corrected chi connectivity index (χ0v) is 25.5. The number of hydrogen-bond acceptors (Lipinski definition) is 8. The molecule has 11 heteroatoms. The highest BCUT2D eigenvalue weighted by molar-refractivity contribution is 6.04. The van der Waals surface area contributed by atoms with Crippen LogP contribution in [0.15, 0.2) is 54.6 Å². The van der Waals surface area contributed by atoms with Crippen molar-refractivity contribution in [3.63, 3.8) is 0 Å². The predicted octanol–water partition coefficient (Wildman–Crippen LogP) is 4.15. The second kappa shape index (κ2) is 12.6. The Balaban J connectivity index is 1.36. The van der Waals surface area contributed by atoms with Crippen molar-refractivity contribution in [3.8, 4) is 0 Å². The van der Waals surface area contributed by atoms with Crippen LogP contribution >= 0.6 is 0 Å². The molecule has 0 radical (unpaired) electrons. The van der Waals surface area contributed by atoms with Crippen LogP contribution in [0.2, 0.25) is 0 Å². The molecule has 2 aromatic carbocycles. The predicted molar refractivity (Wildman–Crippen MR) is 163 cm³/mol. The first-order valence-electron chi connectivity index (χ1n) is 14.5. The molecular formula is C32H40N6O5. The lowest BCUT2D eigenvalue weighted by Gasteiger charge is -2.34. The zero-order chi connectivity index (χ0) is 30.7. The molecule has 228 valence electrons. The second-order valence-electron chi connectivity index (χ2n) is 12.3. The summed E-state index contributed by atoms with van der Waals surface area (Å²) < 4.78 is 12.3. The summed E-state index contributed by atoms with van der Waals surface area (Å²) in [4.78, 5) is 46.3. The number of methoxy groups -OCH3 is 1. The zero-order valence-electron chi connectivity index (χ0n) is 25.5. The summed E-state index contributed by atoms with van der Waals surface area (Å²) in [5.74, 6) is -0.389. The van der Waals surface area contributed by atoms with Gasteiger partial charge in [0.05, 0.1) is 25.4 Å². The van der Waals surface area contributed by atoms with Gasteiger partial charge < -0.3 is 29.5 Å². The number of aromatic nitrogens is 2. The van der Waals surface area contributed by atoms with E-state index in [4.69, 9.17) is 9.47 Å². The van der Waals surface area contributed by atoms with Crippen LogP contribution in [0.25, 0.3) is 0 Å². The number of nitrogens with zero attached hydrogens (tertiary/aromatic N) is 5. The first-order chi connectivity index (χ1) is 20.5. The summed E-state index contributed by atoms with van der Waals surface area (Å²) in [6.07, 6.45) is -1.47. The van der Waals surface area contributed by atoms with Gasteiger partial charge in [0, 0.05) is 50.1 Å². The molecule has 0 unspecified atom stereocenters. The highest BCUT2D eigenvalue weighted by Crippen LogP contribution is 2.33. The number of likely N-dealkylation sites (N-methyl/N-ethyl adjacent to an activating group) is 1. The molecule has 1 fully saturated rings. The molecule has 2 aliphatic heterocycles. The topological polar surface area (TPSA) is 109 Å². The number of carbonyl (C=O) groups is 3. The Morgan fingerprint density at radius 2 is 1.63 bits per heavy atom. The van der Waals surface area contributed by atoms with Gasteiger partial charge in [-0.2, -0.15) is 4.68 Å². The van der Waals surface area contributed by atoms with Gasteiger partial charge in [0.15, 0.2) is 11.9 Å². The normalized spacial score (nSPS) is 16.1. The summed E-state index contributed by atoms with van der Waals surface area (Å²) >= 11 is 0. The van der Waals surface area contributed by atoms with E-state index in [1.807, 2.05) is 63.2 Å². The van der Waals surface area contributed by atoms with E-state index in [2.05, 4.69) is 27.3 Å². The van der Waals surface area contributed by atoms with E-state index < -0.39 is 12.2 Å². The molecule has 5 rings (SSSR count). The van der Waals surface area contributed by atoms with Crippen LogP contribution in [0.3, 0.4) is 0 Å². The standard InChI is InChI=1S/C32H40N6O5/c1-32(2,3)21-43-31(41)38-26-20-37(30(40)27(42-5)22-9-7-6-8-10-22)19-25(26)28(34-38)33-29(39)23-11-13-24(14-12-23)36-17-15-35(4)16-18-36/h6-14,27H,15-21H2,1-5H3,(H,33,34,39)/t27-/m1/s1. The van der Waals surface area contributed by atoms with Crippen LogP contribution < -0.4 is 10.2 Å². The van der Waals surface area contributed by atoms with Gasteiger partial charge in [-0.25, -0.2) is 4.79 Å². The molecule has 1 saturated heterocycles. The summed E-state index contributed by atoms with van der Waals surface area (Å²) in [5, 5.41) is 7.32. The summed E-state index contributed by atoms with van der Waals surface area (Å²) in [5.41, 5.74) is 3.10. The van der Waals surface area contributed by atoms with Crippen molar-refractivity contribution >= 4 is 29.4 Å². The third kappa shape index (κ3) is 6.89. The third-order valence-corrected chi connectivity index (χ3v) is 7.68. The van der Waals surface area contributed by atoms with Crippen molar-refractivity contribution in [2.45, 2.75) is 40.0 Å². The number of piperazine rings is 1. The van der Waals surface area contributed by atoms with Gasteiger partial charge in [-0.05, 0) is 42.3 Å². The van der Waals surface area contributed by atoms with Crippen LogP contribution in [-0.2, 0) is 27.4 Å². The molecule has 43 heavy (non-hydrogen) atoms. The maximum Gasteiger partial charge on any atom is 0.435 e. The number of nitrogens with one attached hydrogen (secondary N) is 1. The highest BCUT2D eigenvalue weighted by atomic mass is 16.6. The molecule has 3 heterocycles. The molecule has 3 aromatic rings. The van der Waals surface area contributed by atoms with Crippen molar-refractivity contribution in [2.75, 3.05) is 57.2 Å². The van der Waals surface area contributed by atoms with Crippen LogP contribution in [0, 0.1) is 5.41 Å². The van der Waals surface area contributed by atoms with E-state index in [1.54, 1.807) is 17.0 Å². The summed E-state index contributed by atoms with van der Waals surface area (Å²) in [6.45, 7) is 10.2. The van der Waals surface area contributed by atoms with E-state index in [9.17, 15) is 14.4 Å².